The van der Waals surface area contributed by atoms with Crippen LogP contribution in [0.15, 0.2) is 48.5 Å². The zero-order chi connectivity index (χ0) is 24.6. The van der Waals surface area contributed by atoms with Crippen molar-refractivity contribution in [1.29, 1.82) is 0 Å². The Bertz CT molecular complexity index is 1140. The highest BCUT2D eigenvalue weighted by Crippen LogP contribution is 2.39. The van der Waals surface area contributed by atoms with E-state index in [2.05, 4.69) is 24.0 Å². The van der Waals surface area contributed by atoms with Crippen LogP contribution in [0.3, 0.4) is 0 Å². The minimum Gasteiger partial charge on any atom is -0.356 e. The van der Waals surface area contributed by atoms with E-state index >= 15 is 0 Å². The summed E-state index contributed by atoms with van der Waals surface area (Å²) in [6.07, 6.45) is 12.4. The lowest BCUT2D eigenvalue weighted by molar-refractivity contribution is -0.384. The molecular weight excluding hydrogens is 438 g/mol. The van der Waals surface area contributed by atoms with Gasteiger partial charge in [0, 0.05) is 41.7 Å². The van der Waals surface area contributed by atoms with Gasteiger partial charge in [0.15, 0.2) is 0 Å². The van der Waals surface area contributed by atoms with E-state index in [0.29, 0.717) is 13.0 Å². The number of non-ortho nitro benzene ring substituents is 1. The van der Waals surface area contributed by atoms with E-state index in [4.69, 9.17) is 0 Å². The van der Waals surface area contributed by atoms with Crippen LogP contribution in [0.4, 0.5) is 5.69 Å². The lowest BCUT2D eigenvalue weighted by Gasteiger charge is -2.36. The smallest absolute Gasteiger partial charge is 0.269 e. The number of para-hydroxylation sites is 1. The second kappa shape index (κ2) is 12.0. The van der Waals surface area contributed by atoms with Gasteiger partial charge >= 0.3 is 0 Å². The Morgan fingerprint density at radius 1 is 0.971 bits per heavy atom. The summed E-state index contributed by atoms with van der Waals surface area (Å²) in [5.41, 5.74) is 4.32. The van der Waals surface area contributed by atoms with Crippen molar-refractivity contribution in [3.05, 3.63) is 75.5 Å². The number of nitro benzene ring substituents is 1. The number of amides is 1. The highest BCUT2D eigenvalue weighted by atomic mass is 16.6. The van der Waals surface area contributed by atoms with Crippen LogP contribution in [0.2, 0.25) is 0 Å². The van der Waals surface area contributed by atoms with Gasteiger partial charge in [0.05, 0.1) is 11.0 Å². The Hall–Kier alpha value is -3.15. The number of nitrogens with one attached hydrogen (secondary N) is 1. The average Bonchev–Trinajstić information content (AvgIpc) is 3.26. The van der Waals surface area contributed by atoms with E-state index < -0.39 is 0 Å². The monoisotopic (exact) mass is 475 g/mol. The highest BCUT2D eigenvalue weighted by Gasteiger charge is 2.34. The first-order valence-corrected chi connectivity index (χ1v) is 13.2. The number of nitro groups is 1. The van der Waals surface area contributed by atoms with Gasteiger partial charge in [-0.1, -0.05) is 76.5 Å². The maximum atomic E-state index is 13.4. The first-order valence-electron chi connectivity index (χ1n) is 13.2. The highest BCUT2D eigenvalue weighted by molar-refractivity contribution is 5.86. The number of aromatic amines is 1. The number of carbonyl (C=O) groups is 1. The maximum Gasteiger partial charge on any atom is 0.269 e. The number of rotatable bonds is 12. The van der Waals surface area contributed by atoms with E-state index in [1.54, 1.807) is 12.1 Å². The molecule has 186 valence electrons. The molecule has 1 atom stereocenters. The quantitative estimate of drug-likeness (QED) is 0.168. The Kier molecular flexibility index (Phi) is 8.56. The third kappa shape index (κ3) is 5.92. The molecule has 0 spiro atoms. The Morgan fingerprint density at radius 2 is 1.63 bits per heavy atom. The van der Waals surface area contributed by atoms with Crippen LogP contribution < -0.4 is 0 Å². The predicted molar refractivity (Wildman–Crippen MR) is 140 cm³/mol. The predicted octanol–water partition coefficient (Wildman–Crippen LogP) is 7.47. The van der Waals surface area contributed by atoms with Crippen molar-refractivity contribution in [2.24, 2.45) is 0 Å². The summed E-state index contributed by atoms with van der Waals surface area (Å²) in [5, 5.41) is 12.4. The third-order valence-corrected chi connectivity index (χ3v) is 7.27. The molecule has 1 aliphatic heterocycles. The lowest BCUT2D eigenvalue weighted by atomic mass is 9.91. The molecule has 2 aromatic carbocycles. The molecule has 1 aliphatic rings. The zero-order valence-electron chi connectivity index (χ0n) is 20.8. The molecule has 1 N–H and O–H groups in total. The van der Waals surface area contributed by atoms with E-state index in [9.17, 15) is 14.9 Å². The number of fused-ring (bicyclic) bond motifs is 3. The van der Waals surface area contributed by atoms with Gasteiger partial charge < -0.3 is 9.88 Å². The Balaban J connectivity index is 1.46. The van der Waals surface area contributed by atoms with Crippen molar-refractivity contribution in [2.45, 2.75) is 83.6 Å². The van der Waals surface area contributed by atoms with Gasteiger partial charge in [-0.3, -0.25) is 14.9 Å². The van der Waals surface area contributed by atoms with Crippen LogP contribution in [0.1, 0.15) is 94.0 Å². The normalized spacial score (nSPS) is 15.3. The number of aromatic nitrogens is 1. The number of hydrogen-bond acceptors (Lipinski definition) is 3. The van der Waals surface area contributed by atoms with Crippen molar-refractivity contribution in [3.63, 3.8) is 0 Å². The summed E-state index contributed by atoms with van der Waals surface area (Å²) in [5.74, 6) is 0.167. The molecule has 0 bridgehead atoms. The molecule has 2 heterocycles. The standard InChI is InChI=1S/C29H37N3O3/c1-2-3-4-5-6-7-8-9-10-15-27(33)31-21-20-25-24-13-11-12-14-26(24)30-28(25)29(31)22-16-18-23(19-17-22)32(34)35/h11-14,16-19,29-30H,2-10,15,20-21H2,1H3. The number of hydrogen-bond donors (Lipinski definition) is 1. The van der Waals surface area contributed by atoms with Crippen LogP contribution >= 0.6 is 0 Å². The molecule has 0 fully saturated rings. The fourth-order valence-corrected chi connectivity index (χ4v) is 5.36. The summed E-state index contributed by atoms with van der Waals surface area (Å²) in [6.45, 7) is 2.90. The van der Waals surface area contributed by atoms with Gasteiger partial charge in [-0.2, -0.15) is 0 Å². The van der Waals surface area contributed by atoms with E-state index in [1.807, 2.05) is 17.0 Å². The van der Waals surface area contributed by atoms with Crippen LogP contribution in [-0.2, 0) is 11.2 Å². The van der Waals surface area contributed by atoms with Crippen molar-refractivity contribution in [2.75, 3.05) is 6.54 Å². The first kappa shape index (κ1) is 25.0. The van der Waals surface area contributed by atoms with Crippen molar-refractivity contribution in [3.8, 4) is 0 Å². The van der Waals surface area contributed by atoms with Crippen molar-refractivity contribution >= 4 is 22.5 Å². The molecule has 1 aromatic heterocycles. The second-order valence-corrected chi connectivity index (χ2v) is 9.73. The van der Waals surface area contributed by atoms with Gasteiger partial charge in [0.25, 0.3) is 5.69 Å². The van der Waals surface area contributed by atoms with E-state index in [1.165, 1.54) is 68.0 Å². The van der Waals surface area contributed by atoms with Crippen LogP contribution in [0.25, 0.3) is 10.9 Å². The van der Waals surface area contributed by atoms with Gasteiger partial charge in [-0.05, 0) is 42.2 Å². The van der Waals surface area contributed by atoms with Crippen molar-refractivity contribution in [1.82, 2.24) is 9.88 Å². The summed E-state index contributed by atoms with van der Waals surface area (Å²) in [6, 6.07) is 14.6. The fraction of sp³-hybridized carbons (Fsp3) is 0.483. The first-order chi connectivity index (χ1) is 17.1. The Labute approximate surface area is 207 Å². The minimum atomic E-state index is -0.383. The van der Waals surface area contributed by atoms with E-state index in [0.717, 1.165) is 36.0 Å². The van der Waals surface area contributed by atoms with Crippen molar-refractivity contribution < 1.29 is 9.72 Å². The van der Waals surface area contributed by atoms with Crippen LogP contribution in [0, 0.1) is 10.1 Å². The molecule has 0 radical (unpaired) electrons. The summed E-state index contributed by atoms with van der Waals surface area (Å²) in [4.78, 5) is 29.7. The van der Waals surface area contributed by atoms with Gasteiger partial charge in [-0.15, -0.1) is 0 Å². The molecule has 1 unspecified atom stereocenters. The van der Waals surface area contributed by atoms with Crippen LogP contribution in [0.5, 0.6) is 0 Å². The number of unbranched alkanes of at least 4 members (excludes halogenated alkanes) is 8. The molecule has 1 amide bonds. The molecule has 4 rings (SSSR count). The molecule has 3 aromatic rings. The molecule has 0 saturated heterocycles. The summed E-state index contributed by atoms with van der Waals surface area (Å²) in [7, 11) is 0. The third-order valence-electron chi connectivity index (χ3n) is 7.27. The topological polar surface area (TPSA) is 79.2 Å². The summed E-state index contributed by atoms with van der Waals surface area (Å²) < 4.78 is 0. The molecule has 35 heavy (non-hydrogen) atoms. The van der Waals surface area contributed by atoms with Gasteiger partial charge in [-0.25, -0.2) is 0 Å². The molecule has 0 saturated carbocycles. The Morgan fingerprint density at radius 3 is 2.31 bits per heavy atom. The molecule has 6 nitrogen and oxygen atoms in total. The molecule has 0 aliphatic carbocycles. The lowest BCUT2D eigenvalue weighted by Crippen LogP contribution is -2.40. The SMILES string of the molecule is CCCCCCCCCCCC(=O)N1CCc2c([nH]c3ccccc23)C1c1ccc([N+](=O)[O-])cc1. The minimum absolute atomic E-state index is 0.0639. The second-order valence-electron chi connectivity index (χ2n) is 9.73. The zero-order valence-corrected chi connectivity index (χ0v) is 20.8. The number of benzene rings is 2. The molecule has 6 heteroatoms. The number of H-pyrrole nitrogens is 1. The van der Waals surface area contributed by atoms with Gasteiger partial charge in [0.2, 0.25) is 5.91 Å². The van der Waals surface area contributed by atoms with Crippen LogP contribution in [-0.4, -0.2) is 27.3 Å². The average molecular weight is 476 g/mol. The maximum absolute atomic E-state index is 13.4. The van der Waals surface area contributed by atoms with Gasteiger partial charge in [0.1, 0.15) is 0 Å². The summed E-state index contributed by atoms with van der Waals surface area (Å²) >= 11 is 0. The van der Waals surface area contributed by atoms with E-state index in [-0.39, 0.29) is 22.6 Å². The fourth-order valence-electron chi connectivity index (χ4n) is 5.36. The largest absolute Gasteiger partial charge is 0.356 e. The molecular formula is C29H37N3O3. The number of carbonyl (C=O) groups excluding carboxylic acids is 1. The number of nitrogens with zero attached hydrogens (tertiary/aromatic N) is 2.